The molecule has 1 aliphatic heterocycles. The zero-order chi connectivity index (χ0) is 25.1. The number of carbonyl (C=O) groups is 3. The van der Waals surface area contributed by atoms with Crippen LogP contribution in [-0.2, 0) is 24.1 Å². The van der Waals surface area contributed by atoms with Crippen LogP contribution in [0.4, 0.5) is 11.4 Å². The molecule has 0 spiro atoms. The minimum Gasteiger partial charge on any atom is -0.461 e. The molecule has 0 saturated carbocycles. The van der Waals surface area contributed by atoms with E-state index in [1.54, 1.807) is 36.4 Å². The van der Waals surface area contributed by atoms with Gasteiger partial charge in [0.15, 0.2) is 0 Å². The average molecular weight is 483 g/mol. The number of rotatable bonds is 8. The molecule has 6 nitrogen and oxygen atoms in total. The summed E-state index contributed by atoms with van der Waals surface area (Å²) in [5.41, 5.74) is 6.12. The van der Waals surface area contributed by atoms with Crippen LogP contribution in [0.1, 0.15) is 88.0 Å². The molecule has 2 amide bonds. The van der Waals surface area contributed by atoms with Crippen molar-refractivity contribution in [2.45, 2.75) is 58.3 Å². The van der Waals surface area contributed by atoms with Gasteiger partial charge in [0, 0.05) is 40.0 Å². The second-order valence-corrected chi connectivity index (χ2v) is 9.48. The molecular formula is C30H30N2O4. The number of hydrogen-bond acceptors (Lipinski definition) is 4. The van der Waals surface area contributed by atoms with Gasteiger partial charge in [0.05, 0.1) is 5.57 Å². The van der Waals surface area contributed by atoms with Gasteiger partial charge in [-0.1, -0.05) is 31.9 Å². The molecule has 0 saturated heterocycles. The van der Waals surface area contributed by atoms with Crippen LogP contribution in [-0.4, -0.2) is 18.1 Å². The van der Waals surface area contributed by atoms with E-state index in [0.717, 1.165) is 61.9 Å². The van der Waals surface area contributed by atoms with Gasteiger partial charge >= 0.3 is 0 Å². The second-order valence-electron chi connectivity index (χ2n) is 9.48. The molecule has 184 valence electrons. The van der Waals surface area contributed by atoms with Gasteiger partial charge in [-0.05, 0) is 74.1 Å². The fourth-order valence-electron chi connectivity index (χ4n) is 5.05. The summed E-state index contributed by atoms with van der Waals surface area (Å²) in [6.07, 6.45) is 11.3. The Morgan fingerprint density at radius 2 is 1.89 bits per heavy atom. The Bertz CT molecular complexity index is 1350. The zero-order valence-electron chi connectivity index (χ0n) is 20.5. The highest BCUT2D eigenvalue weighted by atomic mass is 16.3. The first-order valence-electron chi connectivity index (χ1n) is 12.7. The van der Waals surface area contributed by atoms with Crippen molar-refractivity contribution in [2.75, 3.05) is 10.6 Å². The largest absolute Gasteiger partial charge is 0.461 e. The minimum atomic E-state index is -0.285. The fraction of sp³-hybridized carbons (Fsp3) is 0.300. The van der Waals surface area contributed by atoms with Gasteiger partial charge in [-0.2, -0.15) is 0 Å². The summed E-state index contributed by atoms with van der Waals surface area (Å²) in [5.74, 6) is 1.40. The lowest BCUT2D eigenvalue weighted by molar-refractivity contribution is -0.110. The highest BCUT2D eigenvalue weighted by Gasteiger charge is 2.27. The molecule has 0 radical (unpaired) electrons. The maximum atomic E-state index is 12.9. The van der Waals surface area contributed by atoms with E-state index < -0.39 is 0 Å². The summed E-state index contributed by atoms with van der Waals surface area (Å²) in [6.45, 7) is 2.20. The van der Waals surface area contributed by atoms with E-state index in [0.29, 0.717) is 28.1 Å². The third kappa shape index (κ3) is 4.76. The van der Waals surface area contributed by atoms with Crippen LogP contribution in [0.15, 0.2) is 46.9 Å². The first-order valence-corrected chi connectivity index (χ1v) is 12.7. The third-order valence-electron chi connectivity index (χ3n) is 6.99. The highest BCUT2D eigenvalue weighted by Crippen LogP contribution is 2.38. The van der Waals surface area contributed by atoms with Crippen LogP contribution in [0.3, 0.4) is 0 Å². The minimum absolute atomic E-state index is 0.174. The molecule has 1 aromatic heterocycles. The molecule has 0 unspecified atom stereocenters. The van der Waals surface area contributed by atoms with E-state index in [4.69, 9.17) is 4.42 Å². The number of aryl methyl sites for hydroxylation is 1. The molecule has 6 heteroatoms. The number of fused-ring (bicyclic) bond motifs is 2. The Labute approximate surface area is 210 Å². The number of carbonyl (C=O) groups excluding carboxylic acids is 3. The Balaban J connectivity index is 1.45. The van der Waals surface area contributed by atoms with E-state index in [1.165, 1.54) is 24.0 Å². The summed E-state index contributed by atoms with van der Waals surface area (Å²) < 4.78 is 6.31. The normalized spacial score (nSPS) is 15.4. The van der Waals surface area contributed by atoms with E-state index in [-0.39, 0.29) is 11.8 Å². The number of amides is 2. The molecule has 2 aliphatic rings. The maximum Gasteiger partial charge on any atom is 0.256 e. The first-order chi connectivity index (χ1) is 17.6. The molecule has 2 heterocycles. The van der Waals surface area contributed by atoms with Gasteiger partial charge in [-0.25, -0.2) is 0 Å². The quantitative estimate of drug-likeness (QED) is 0.219. The lowest BCUT2D eigenvalue weighted by atomic mass is 9.92. The van der Waals surface area contributed by atoms with Gasteiger partial charge in [-0.15, -0.1) is 0 Å². The van der Waals surface area contributed by atoms with E-state index in [1.807, 2.05) is 12.1 Å². The molecule has 2 N–H and O–H groups in total. The maximum absolute atomic E-state index is 12.9. The standard InChI is InChI=1S/C30H30N2O4/c1-2-3-4-7-23-22-8-5-6-9-27(22)36-28(23)17-25-24-16-21(14-15-26(24)32-30(25)35)31-29(34)20-12-10-19(18-33)11-13-20/h10-18H,2-9H2,1H3,(H,31,34)(H,32,35). The van der Waals surface area contributed by atoms with Crippen LogP contribution in [0.25, 0.3) is 11.6 Å². The van der Waals surface area contributed by atoms with Crippen LogP contribution < -0.4 is 10.6 Å². The molecule has 0 bridgehead atoms. The third-order valence-corrected chi connectivity index (χ3v) is 6.99. The molecule has 3 aromatic rings. The Hall–Kier alpha value is -3.93. The van der Waals surface area contributed by atoms with Crippen LogP contribution in [0, 0.1) is 0 Å². The van der Waals surface area contributed by atoms with Crippen molar-refractivity contribution in [3.05, 3.63) is 81.8 Å². The first kappa shape index (κ1) is 23.8. The van der Waals surface area contributed by atoms with Crippen molar-refractivity contribution in [3.63, 3.8) is 0 Å². The van der Waals surface area contributed by atoms with Crippen LogP contribution in [0.2, 0.25) is 0 Å². The number of hydrogen-bond donors (Lipinski definition) is 2. The Morgan fingerprint density at radius 1 is 1.08 bits per heavy atom. The summed E-state index contributed by atoms with van der Waals surface area (Å²) >= 11 is 0. The molecule has 1 aliphatic carbocycles. The van der Waals surface area contributed by atoms with Crippen molar-refractivity contribution in [3.8, 4) is 0 Å². The SMILES string of the molecule is CCCCCc1c(C=C2C(=O)Nc3ccc(NC(=O)c4ccc(C=O)cc4)cc32)oc2c1CCCC2. The number of nitrogens with one attached hydrogen (secondary N) is 2. The van der Waals surface area contributed by atoms with Gasteiger partial charge in [-0.3, -0.25) is 14.4 Å². The predicted molar refractivity (Wildman–Crippen MR) is 141 cm³/mol. The van der Waals surface area contributed by atoms with Gasteiger partial charge in [0.25, 0.3) is 11.8 Å². The van der Waals surface area contributed by atoms with Crippen molar-refractivity contribution in [2.24, 2.45) is 0 Å². The lowest BCUT2D eigenvalue weighted by Crippen LogP contribution is -2.11. The van der Waals surface area contributed by atoms with E-state index >= 15 is 0 Å². The average Bonchev–Trinajstić information content (AvgIpc) is 3.41. The fourth-order valence-corrected chi connectivity index (χ4v) is 5.05. The Kier molecular flexibility index (Phi) is 6.85. The number of furan rings is 1. The van der Waals surface area contributed by atoms with E-state index in [2.05, 4.69) is 17.6 Å². The summed E-state index contributed by atoms with van der Waals surface area (Å²) in [6, 6.07) is 11.8. The summed E-state index contributed by atoms with van der Waals surface area (Å²) in [5, 5.41) is 5.82. The van der Waals surface area contributed by atoms with Crippen molar-refractivity contribution >= 4 is 41.1 Å². The second kappa shape index (κ2) is 10.4. The molecule has 2 aromatic carbocycles. The van der Waals surface area contributed by atoms with Crippen molar-refractivity contribution in [1.29, 1.82) is 0 Å². The number of anilines is 2. The number of aldehydes is 1. The molecule has 0 atom stereocenters. The van der Waals surface area contributed by atoms with Gasteiger partial charge < -0.3 is 15.1 Å². The number of unbranched alkanes of at least 4 members (excludes halogenated alkanes) is 2. The molecule has 0 fully saturated rings. The summed E-state index contributed by atoms with van der Waals surface area (Å²) in [7, 11) is 0. The predicted octanol–water partition coefficient (Wildman–Crippen LogP) is 6.45. The van der Waals surface area contributed by atoms with Gasteiger partial charge in [0.1, 0.15) is 17.8 Å². The molecule has 36 heavy (non-hydrogen) atoms. The smallest absolute Gasteiger partial charge is 0.256 e. The van der Waals surface area contributed by atoms with Crippen molar-refractivity contribution in [1.82, 2.24) is 0 Å². The van der Waals surface area contributed by atoms with Crippen LogP contribution >= 0.6 is 0 Å². The molecule has 5 rings (SSSR count). The van der Waals surface area contributed by atoms with Gasteiger partial charge in [0.2, 0.25) is 0 Å². The Morgan fingerprint density at radius 3 is 2.67 bits per heavy atom. The van der Waals surface area contributed by atoms with Crippen LogP contribution in [0.5, 0.6) is 0 Å². The van der Waals surface area contributed by atoms with Crippen molar-refractivity contribution < 1.29 is 18.8 Å². The van der Waals surface area contributed by atoms with E-state index in [9.17, 15) is 14.4 Å². The lowest BCUT2D eigenvalue weighted by Gasteiger charge is -2.10. The topological polar surface area (TPSA) is 88.4 Å². The summed E-state index contributed by atoms with van der Waals surface area (Å²) in [4.78, 5) is 36.5. The highest BCUT2D eigenvalue weighted by molar-refractivity contribution is 6.35. The molecular weight excluding hydrogens is 452 g/mol. The number of benzene rings is 2. The zero-order valence-corrected chi connectivity index (χ0v) is 20.5. The monoisotopic (exact) mass is 482 g/mol.